The van der Waals surface area contributed by atoms with Crippen LogP contribution in [0.1, 0.15) is 12.2 Å². The number of fused-ring (bicyclic) bond motifs is 2. The van der Waals surface area contributed by atoms with E-state index >= 15 is 0 Å². The highest BCUT2D eigenvalue weighted by atomic mass is 16.5. The second-order valence-corrected chi connectivity index (χ2v) is 6.46. The molecular formula is C21H20NO6+. The summed E-state index contributed by atoms with van der Waals surface area (Å²) < 4.78 is 22.4. The van der Waals surface area contributed by atoms with Gasteiger partial charge >= 0.3 is 5.97 Å². The summed E-state index contributed by atoms with van der Waals surface area (Å²) in [6, 6.07) is 10.1. The molecule has 0 radical (unpaired) electrons. The highest BCUT2D eigenvalue weighted by Crippen LogP contribution is 2.35. The minimum Gasteiger partial charge on any atom is -0.490 e. The van der Waals surface area contributed by atoms with E-state index in [0.717, 1.165) is 6.42 Å². The quantitative estimate of drug-likeness (QED) is 0.550. The van der Waals surface area contributed by atoms with Crippen LogP contribution in [0.4, 0.5) is 0 Å². The fourth-order valence-corrected chi connectivity index (χ4v) is 3.18. The summed E-state index contributed by atoms with van der Waals surface area (Å²) in [5.74, 6) is 1.60. The molecule has 0 saturated heterocycles. The van der Waals surface area contributed by atoms with Crippen LogP contribution in [0, 0.1) is 6.92 Å². The monoisotopic (exact) mass is 382 g/mol. The van der Waals surface area contributed by atoms with E-state index in [2.05, 4.69) is 5.73 Å². The molecule has 1 aliphatic rings. The van der Waals surface area contributed by atoms with Crippen molar-refractivity contribution in [2.24, 2.45) is 0 Å². The molecule has 144 valence electrons. The molecule has 0 fully saturated rings. The van der Waals surface area contributed by atoms with Crippen LogP contribution in [0.2, 0.25) is 0 Å². The molecule has 1 aromatic heterocycles. The Morgan fingerprint density at radius 2 is 1.89 bits per heavy atom. The van der Waals surface area contributed by atoms with Crippen molar-refractivity contribution in [3.8, 4) is 28.4 Å². The largest absolute Gasteiger partial charge is 0.490 e. The molecule has 1 aliphatic heterocycles. The maximum absolute atomic E-state index is 13.1. The summed E-state index contributed by atoms with van der Waals surface area (Å²) in [5, 5.41) is 0.405. The standard InChI is InChI=1S/C21H19NO6/c1-12-20(13-3-6-16-18(9-13)26-8-2-7-25-16)21(24)15-5-4-14(10-17(15)27-12)28-19(23)11-22/h3-6,9-10H,2,7-8,11,22H2,1H3/p+1. The summed E-state index contributed by atoms with van der Waals surface area (Å²) in [7, 11) is 0. The molecule has 0 unspecified atom stereocenters. The van der Waals surface area contributed by atoms with E-state index in [1.807, 2.05) is 6.07 Å². The molecule has 2 heterocycles. The molecule has 7 nitrogen and oxygen atoms in total. The fraction of sp³-hybridized carbons (Fsp3) is 0.238. The first-order valence-corrected chi connectivity index (χ1v) is 9.04. The lowest BCUT2D eigenvalue weighted by molar-refractivity contribution is -0.358. The normalized spacial score (nSPS) is 13.2. The maximum Gasteiger partial charge on any atom is 0.366 e. The minimum atomic E-state index is -0.456. The zero-order valence-electron chi connectivity index (χ0n) is 15.4. The predicted molar refractivity (Wildman–Crippen MR) is 102 cm³/mol. The van der Waals surface area contributed by atoms with Crippen molar-refractivity contribution in [1.82, 2.24) is 0 Å². The van der Waals surface area contributed by atoms with Crippen molar-refractivity contribution in [2.75, 3.05) is 19.8 Å². The lowest BCUT2D eigenvalue weighted by Crippen LogP contribution is -2.55. The van der Waals surface area contributed by atoms with E-state index < -0.39 is 5.97 Å². The third-order valence-electron chi connectivity index (χ3n) is 4.51. The average molecular weight is 382 g/mol. The molecule has 28 heavy (non-hydrogen) atoms. The van der Waals surface area contributed by atoms with Crippen LogP contribution in [-0.4, -0.2) is 25.7 Å². The number of ether oxygens (including phenoxy) is 3. The van der Waals surface area contributed by atoms with Crippen LogP contribution < -0.4 is 25.4 Å². The molecular weight excluding hydrogens is 362 g/mol. The molecule has 3 N–H and O–H groups in total. The van der Waals surface area contributed by atoms with E-state index in [1.54, 1.807) is 31.2 Å². The van der Waals surface area contributed by atoms with Gasteiger partial charge in [-0.25, -0.2) is 4.79 Å². The Hall–Kier alpha value is -3.32. The van der Waals surface area contributed by atoms with Crippen LogP contribution in [0.25, 0.3) is 22.1 Å². The second kappa shape index (κ2) is 7.36. The molecule has 0 amide bonds. The zero-order valence-corrected chi connectivity index (χ0v) is 15.4. The van der Waals surface area contributed by atoms with E-state index in [0.29, 0.717) is 58.3 Å². The van der Waals surface area contributed by atoms with Gasteiger partial charge in [-0.05, 0) is 36.8 Å². The molecule has 0 saturated carbocycles. The summed E-state index contributed by atoms with van der Waals surface area (Å²) in [6.07, 6.45) is 0.808. The van der Waals surface area contributed by atoms with Crippen LogP contribution in [0.3, 0.4) is 0 Å². The van der Waals surface area contributed by atoms with Gasteiger partial charge < -0.3 is 24.4 Å². The van der Waals surface area contributed by atoms with Crippen molar-refractivity contribution in [3.05, 3.63) is 52.4 Å². The summed E-state index contributed by atoms with van der Waals surface area (Å²) in [6.45, 7) is 2.92. The zero-order chi connectivity index (χ0) is 19.7. The number of quaternary nitrogens is 1. The van der Waals surface area contributed by atoms with E-state index in [-0.39, 0.29) is 12.0 Å². The first kappa shape index (κ1) is 18.1. The Kier molecular flexibility index (Phi) is 4.75. The molecule has 0 bridgehead atoms. The van der Waals surface area contributed by atoms with Crippen molar-refractivity contribution in [3.63, 3.8) is 0 Å². The van der Waals surface area contributed by atoms with Crippen molar-refractivity contribution in [1.29, 1.82) is 0 Å². The van der Waals surface area contributed by atoms with Gasteiger partial charge in [0.2, 0.25) is 5.43 Å². The number of rotatable bonds is 3. The first-order valence-electron chi connectivity index (χ1n) is 9.04. The van der Waals surface area contributed by atoms with Crippen LogP contribution in [0.5, 0.6) is 17.2 Å². The highest BCUT2D eigenvalue weighted by Gasteiger charge is 2.18. The van der Waals surface area contributed by atoms with Gasteiger partial charge in [-0.15, -0.1) is 0 Å². The Bertz CT molecular complexity index is 1120. The lowest BCUT2D eigenvalue weighted by atomic mass is 10.0. The number of benzene rings is 2. The molecule has 0 aliphatic carbocycles. The van der Waals surface area contributed by atoms with Crippen LogP contribution in [-0.2, 0) is 4.79 Å². The Morgan fingerprint density at radius 3 is 2.68 bits per heavy atom. The highest BCUT2D eigenvalue weighted by molar-refractivity contribution is 5.85. The van der Waals surface area contributed by atoms with Crippen LogP contribution >= 0.6 is 0 Å². The van der Waals surface area contributed by atoms with Gasteiger partial charge in [0, 0.05) is 12.5 Å². The van der Waals surface area contributed by atoms with Crippen molar-refractivity contribution < 1.29 is 29.2 Å². The van der Waals surface area contributed by atoms with Gasteiger partial charge in [0.05, 0.1) is 24.2 Å². The van der Waals surface area contributed by atoms with Gasteiger partial charge in [0.25, 0.3) is 0 Å². The molecule has 0 atom stereocenters. The van der Waals surface area contributed by atoms with E-state index in [9.17, 15) is 9.59 Å². The minimum absolute atomic E-state index is 0.0179. The summed E-state index contributed by atoms with van der Waals surface area (Å²) >= 11 is 0. The first-order chi connectivity index (χ1) is 13.6. The van der Waals surface area contributed by atoms with Gasteiger partial charge in [-0.3, -0.25) is 4.79 Å². The summed E-state index contributed by atoms with van der Waals surface area (Å²) in [4.78, 5) is 24.6. The second-order valence-electron chi connectivity index (χ2n) is 6.46. The number of carbonyl (C=O) groups excluding carboxylic acids is 1. The maximum atomic E-state index is 13.1. The topological polar surface area (TPSA) is 103 Å². The van der Waals surface area contributed by atoms with Gasteiger partial charge in [-0.1, -0.05) is 6.07 Å². The van der Waals surface area contributed by atoms with Gasteiger partial charge in [0.15, 0.2) is 18.0 Å². The summed E-state index contributed by atoms with van der Waals surface area (Å²) in [5.41, 5.74) is 4.84. The van der Waals surface area contributed by atoms with Gasteiger partial charge in [-0.2, -0.15) is 0 Å². The molecule has 7 heteroatoms. The number of aryl methyl sites for hydroxylation is 1. The smallest absolute Gasteiger partial charge is 0.366 e. The number of hydrogen-bond donors (Lipinski definition) is 1. The number of hydrogen-bond acceptors (Lipinski definition) is 6. The lowest BCUT2D eigenvalue weighted by Gasteiger charge is -2.11. The van der Waals surface area contributed by atoms with E-state index in [1.165, 1.54) is 6.07 Å². The molecule has 3 aromatic rings. The average Bonchev–Trinajstić information content (AvgIpc) is 2.92. The van der Waals surface area contributed by atoms with Crippen molar-refractivity contribution in [2.45, 2.75) is 13.3 Å². The predicted octanol–water partition coefficient (Wildman–Crippen LogP) is 2.08. The van der Waals surface area contributed by atoms with Crippen molar-refractivity contribution >= 4 is 16.9 Å². The number of carbonyl (C=O) groups is 1. The third kappa shape index (κ3) is 3.32. The third-order valence-corrected chi connectivity index (χ3v) is 4.51. The Morgan fingerprint density at radius 1 is 1.11 bits per heavy atom. The van der Waals surface area contributed by atoms with Crippen LogP contribution in [0.15, 0.2) is 45.6 Å². The SMILES string of the molecule is Cc1oc2cc(OC(=O)C[NH3+])ccc2c(=O)c1-c1ccc2c(c1)OCCCO2. The molecule has 4 rings (SSSR count). The Balaban J connectivity index is 1.80. The molecule has 0 spiro atoms. The van der Waals surface area contributed by atoms with E-state index in [4.69, 9.17) is 18.6 Å². The fourth-order valence-electron chi connectivity index (χ4n) is 3.18. The van der Waals surface area contributed by atoms with Gasteiger partial charge in [0.1, 0.15) is 17.1 Å². The Labute approximate surface area is 160 Å². The number of esters is 1. The molecule has 2 aromatic carbocycles.